The number of thioether (sulfide) groups is 1. The topological polar surface area (TPSA) is 96.8 Å². The zero-order chi connectivity index (χ0) is 15.7. The normalized spacial score (nSPS) is 11.0. The Morgan fingerprint density at radius 3 is 2.68 bits per heavy atom. The number of rotatable bonds is 4. The van der Waals surface area contributed by atoms with Crippen molar-refractivity contribution in [2.45, 2.75) is 17.6 Å². The fourth-order valence-electron chi connectivity index (χ4n) is 2.27. The number of aromatic nitrogens is 3. The maximum atomic E-state index is 12.1. The predicted octanol–water partition coefficient (Wildman–Crippen LogP) is 2.44. The Balaban J connectivity index is 1.90. The lowest BCUT2D eigenvalue weighted by Crippen LogP contribution is -2.10. The van der Waals surface area contributed by atoms with Gasteiger partial charge in [-0.2, -0.15) is 4.98 Å². The molecule has 0 aliphatic carbocycles. The first-order chi connectivity index (χ1) is 10.6. The van der Waals surface area contributed by atoms with E-state index in [-0.39, 0.29) is 11.5 Å². The number of nitrogens with one attached hydrogen (secondary N) is 2. The first-order valence-electron chi connectivity index (χ1n) is 6.72. The summed E-state index contributed by atoms with van der Waals surface area (Å²) in [4.78, 5) is 22.8. The van der Waals surface area contributed by atoms with Crippen molar-refractivity contribution >= 4 is 28.7 Å². The lowest BCUT2D eigenvalue weighted by molar-refractivity contribution is 0.414. The molecule has 0 radical (unpaired) electrons. The van der Waals surface area contributed by atoms with Crippen LogP contribution in [-0.4, -0.2) is 22.1 Å². The van der Waals surface area contributed by atoms with E-state index in [1.807, 2.05) is 31.2 Å². The zero-order valence-corrected chi connectivity index (χ0v) is 13.1. The number of hydrogen-bond donors (Lipinski definition) is 3. The van der Waals surface area contributed by atoms with Crippen molar-refractivity contribution in [1.29, 1.82) is 0 Å². The third kappa shape index (κ3) is 2.67. The number of aromatic amines is 2. The van der Waals surface area contributed by atoms with Gasteiger partial charge in [-0.05, 0) is 24.6 Å². The lowest BCUT2D eigenvalue weighted by Gasteiger charge is -2.04. The van der Waals surface area contributed by atoms with Gasteiger partial charge in [0.25, 0.3) is 5.56 Å². The van der Waals surface area contributed by atoms with E-state index in [4.69, 9.17) is 10.5 Å². The maximum absolute atomic E-state index is 12.1. The van der Waals surface area contributed by atoms with Crippen LogP contribution < -0.4 is 16.0 Å². The highest BCUT2D eigenvalue weighted by atomic mass is 32.2. The summed E-state index contributed by atoms with van der Waals surface area (Å²) in [6, 6.07) is 7.87. The SMILES string of the molecule is COc1ccc(CSc2c(C)[nH]c3nc(N)[nH]c(=O)c23)cc1. The van der Waals surface area contributed by atoms with Gasteiger partial charge in [-0.3, -0.25) is 9.78 Å². The van der Waals surface area contributed by atoms with Crippen molar-refractivity contribution in [3.8, 4) is 5.75 Å². The standard InChI is InChI=1S/C15H16N4O2S/c1-8-12(11-13(17-8)18-15(16)19-14(11)20)22-7-9-3-5-10(21-2)6-4-9/h3-6H,7H2,1-2H3,(H4,16,17,18,19,20). The number of nitrogens with zero attached hydrogens (tertiary/aromatic N) is 1. The third-order valence-electron chi connectivity index (χ3n) is 3.35. The summed E-state index contributed by atoms with van der Waals surface area (Å²) >= 11 is 1.60. The van der Waals surface area contributed by atoms with Gasteiger partial charge in [0, 0.05) is 16.3 Å². The quantitative estimate of drug-likeness (QED) is 0.642. The maximum Gasteiger partial charge on any atom is 0.262 e. The largest absolute Gasteiger partial charge is 0.497 e. The van der Waals surface area contributed by atoms with Crippen molar-refractivity contribution < 1.29 is 4.74 Å². The molecule has 2 heterocycles. The number of H-pyrrole nitrogens is 2. The highest BCUT2D eigenvalue weighted by Crippen LogP contribution is 2.31. The average Bonchev–Trinajstić information content (AvgIpc) is 2.81. The molecule has 1 aromatic carbocycles. The number of hydrogen-bond acceptors (Lipinski definition) is 5. The second-order valence-corrected chi connectivity index (χ2v) is 5.88. The minimum absolute atomic E-state index is 0.116. The zero-order valence-electron chi connectivity index (χ0n) is 12.3. The molecule has 0 bridgehead atoms. The molecule has 4 N–H and O–H groups in total. The van der Waals surface area contributed by atoms with Crippen LogP contribution in [-0.2, 0) is 5.75 Å². The van der Waals surface area contributed by atoms with Crippen LogP contribution in [0.4, 0.5) is 5.95 Å². The summed E-state index contributed by atoms with van der Waals surface area (Å²) in [5, 5.41) is 0.560. The minimum atomic E-state index is -0.218. The Labute approximate surface area is 131 Å². The number of ether oxygens (including phenoxy) is 1. The first-order valence-corrected chi connectivity index (χ1v) is 7.71. The molecule has 0 atom stereocenters. The minimum Gasteiger partial charge on any atom is -0.497 e. The van der Waals surface area contributed by atoms with Crippen molar-refractivity contribution in [2.24, 2.45) is 0 Å². The number of benzene rings is 1. The molecule has 3 rings (SSSR count). The molecule has 3 aromatic rings. The molecular formula is C15H16N4O2S. The molecule has 6 nitrogen and oxygen atoms in total. The van der Waals surface area contributed by atoms with Gasteiger partial charge < -0.3 is 15.5 Å². The van der Waals surface area contributed by atoms with Crippen molar-refractivity contribution in [2.75, 3.05) is 12.8 Å². The summed E-state index contributed by atoms with van der Waals surface area (Å²) in [5.74, 6) is 1.69. The first kappa shape index (κ1) is 14.5. The molecule has 114 valence electrons. The van der Waals surface area contributed by atoms with Crippen molar-refractivity contribution in [1.82, 2.24) is 15.0 Å². The molecule has 0 saturated carbocycles. The molecule has 0 fully saturated rings. The summed E-state index contributed by atoms with van der Waals surface area (Å²) in [6.07, 6.45) is 0. The summed E-state index contributed by atoms with van der Waals surface area (Å²) < 4.78 is 5.15. The Hall–Kier alpha value is -2.41. The van der Waals surface area contributed by atoms with E-state index in [2.05, 4.69) is 15.0 Å². The van der Waals surface area contributed by atoms with Crippen LogP contribution in [0.1, 0.15) is 11.3 Å². The molecule has 0 unspecified atom stereocenters. The summed E-state index contributed by atoms with van der Waals surface area (Å²) in [5.41, 5.74) is 7.94. The predicted molar refractivity (Wildman–Crippen MR) is 88.4 cm³/mol. The van der Waals surface area contributed by atoms with Crippen molar-refractivity contribution in [3.63, 3.8) is 0 Å². The molecule has 0 aliphatic rings. The Kier molecular flexibility index (Phi) is 3.81. The monoisotopic (exact) mass is 316 g/mol. The number of nitrogen functional groups attached to an aromatic ring is 1. The van der Waals surface area contributed by atoms with Crippen LogP contribution in [0.25, 0.3) is 11.0 Å². The van der Waals surface area contributed by atoms with Crippen LogP contribution in [0.2, 0.25) is 0 Å². The smallest absolute Gasteiger partial charge is 0.262 e. The number of fused-ring (bicyclic) bond motifs is 1. The molecule has 22 heavy (non-hydrogen) atoms. The van der Waals surface area contributed by atoms with Crippen LogP contribution >= 0.6 is 11.8 Å². The third-order valence-corrected chi connectivity index (χ3v) is 4.63. The van der Waals surface area contributed by atoms with Gasteiger partial charge in [0.2, 0.25) is 5.95 Å². The number of methoxy groups -OCH3 is 1. The number of anilines is 1. The molecule has 0 aliphatic heterocycles. The van der Waals surface area contributed by atoms with E-state index in [0.29, 0.717) is 11.0 Å². The van der Waals surface area contributed by atoms with Gasteiger partial charge >= 0.3 is 0 Å². The Bertz CT molecular complexity index is 868. The van der Waals surface area contributed by atoms with Crippen LogP contribution in [0.5, 0.6) is 5.75 Å². The van der Waals surface area contributed by atoms with E-state index in [1.165, 1.54) is 0 Å². The van der Waals surface area contributed by atoms with Gasteiger partial charge in [0.05, 0.1) is 12.5 Å². The van der Waals surface area contributed by atoms with Gasteiger partial charge in [-0.15, -0.1) is 11.8 Å². The highest BCUT2D eigenvalue weighted by Gasteiger charge is 2.14. The second kappa shape index (κ2) is 5.76. The number of nitrogens with two attached hydrogens (primary N) is 1. The molecular weight excluding hydrogens is 300 g/mol. The van der Waals surface area contributed by atoms with Gasteiger partial charge in [0.1, 0.15) is 11.4 Å². The van der Waals surface area contributed by atoms with Crippen molar-refractivity contribution in [3.05, 3.63) is 45.9 Å². The van der Waals surface area contributed by atoms with Gasteiger partial charge in [-0.25, -0.2) is 0 Å². The highest BCUT2D eigenvalue weighted by molar-refractivity contribution is 7.98. The molecule has 7 heteroatoms. The second-order valence-electron chi connectivity index (χ2n) is 4.89. The van der Waals surface area contributed by atoms with Gasteiger partial charge in [-0.1, -0.05) is 12.1 Å². The Morgan fingerprint density at radius 1 is 1.27 bits per heavy atom. The van der Waals surface area contributed by atoms with E-state index < -0.39 is 0 Å². The van der Waals surface area contributed by atoms with Crippen LogP contribution in [0.3, 0.4) is 0 Å². The number of aryl methyl sites for hydroxylation is 1. The van der Waals surface area contributed by atoms with E-state index in [1.54, 1.807) is 18.9 Å². The lowest BCUT2D eigenvalue weighted by atomic mass is 10.2. The fraction of sp³-hybridized carbons (Fsp3) is 0.200. The molecule has 0 spiro atoms. The summed E-state index contributed by atoms with van der Waals surface area (Å²) in [6.45, 7) is 1.92. The fourth-order valence-corrected chi connectivity index (χ4v) is 3.38. The Morgan fingerprint density at radius 2 is 2.00 bits per heavy atom. The molecule has 2 aromatic heterocycles. The summed E-state index contributed by atoms with van der Waals surface area (Å²) in [7, 11) is 1.64. The van der Waals surface area contributed by atoms with E-state index >= 15 is 0 Å². The molecule has 0 saturated heterocycles. The van der Waals surface area contributed by atoms with E-state index in [9.17, 15) is 4.79 Å². The van der Waals surface area contributed by atoms with Gasteiger partial charge in [0.15, 0.2) is 0 Å². The van der Waals surface area contributed by atoms with Crippen LogP contribution in [0.15, 0.2) is 34.0 Å². The van der Waals surface area contributed by atoms with E-state index in [0.717, 1.165) is 27.7 Å². The molecule has 0 amide bonds. The van der Waals surface area contributed by atoms with Crippen LogP contribution in [0, 0.1) is 6.92 Å². The average molecular weight is 316 g/mol.